The van der Waals surface area contributed by atoms with Crippen molar-refractivity contribution >= 4 is 24.7 Å². The van der Waals surface area contributed by atoms with Gasteiger partial charge in [0.05, 0.1) is 80.4 Å². The fraction of sp³-hybridized carbons (Fsp3) is 0.854. The molecule has 18 atom stereocenters. The first-order valence-electron chi connectivity index (χ1n) is 20.5. The molecule has 7 saturated heterocycles. The average molecular weight is 797 g/mol. The highest BCUT2D eigenvalue weighted by Crippen LogP contribution is 2.43. The Morgan fingerprint density at radius 2 is 1.60 bits per heavy atom. The van der Waals surface area contributed by atoms with Crippen molar-refractivity contribution in [1.82, 2.24) is 0 Å². The van der Waals surface area contributed by atoms with E-state index in [2.05, 4.69) is 20.1 Å². The molecule has 7 aliphatic heterocycles. The Hall–Kier alpha value is -1.27. The third-order valence-corrected chi connectivity index (χ3v) is 13.5. The van der Waals surface area contributed by atoms with Crippen LogP contribution in [0.15, 0.2) is 24.3 Å². The zero-order valence-corrected chi connectivity index (χ0v) is 33.3. The van der Waals surface area contributed by atoms with E-state index in [0.717, 1.165) is 36.7 Å². The van der Waals surface area contributed by atoms with Crippen LogP contribution in [0, 0.1) is 17.8 Å². The molecule has 0 aromatic heterocycles. The Bertz CT molecular complexity index is 1320. The van der Waals surface area contributed by atoms with Crippen LogP contribution < -0.4 is 0 Å². The zero-order valence-electron chi connectivity index (χ0n) is 32.4. The Morgan fingerprint density at radius 3 is 2.31 bits per heavy atom. The van der Waals surface area contributed by atoms with Crippen molar-refractivity contribution in [2.75, 3.05) is 20.3 Å². The number of hydrogen-bond acceptors (Lipinski definition) is 14. The molecule has 13 nitrogen and oxygen atoms in total. The smallest absolute Gasteiger partial charge is 0.135 e. The van der Waals surface area contributed by atoms with Crippen molar-refractivity contribution in [2.45, 2.75) is 181 Å². The number of carbonyl (C=O) groups is 2. The largest absolute Gasteiger partial charge is 0.394 e. The summed E-state index contributed by atoms with van der Waals surface area (Å²) < 4.78 is 44.4. The predicted octanol–water partition coefficient (Wildman–Crippen LogP) is 3.02. The SMILES string of the molecule is C=C1CC2CCC(=O)C[C@H]3OC(CO)[C@@H](OC4CCC(O[C@@H]4S)[C@@H](C=O)CCC4[C@@H](OC)C(CC(O)CO)O[C@H]4CC4OC(CCC1O2)C[C@@H](C)C4=C)C3O. The fourth-order valence-electron chi connectivity index (χ4n) is 9.88. The lowest BCUT2D eigenvalue weighted by Crippen LogP contribution is -2.47. The van der Waals surface area contributed by atoms with Crippen LogP contribution >= 0.6 is 12.6 Å². The molecule has 0 saturated carbocycles. The second-order valence-electron chi connectivity index (χ2n) is 16.9. The lowest BCUT2D eigenvalue weighted by atomic mass is 9.80. The first-order valence-corrected chi connectivity index (χ1v) is 21.0. The number of aliphatic hydroxyl groups is 4. The predicted molar refractivity (Wildman–Crippen MR) is 203 cm³/mol. The van der Waals surface area contributed by atoms with Gasteiger partial charge in [-0.1, -0.05) is 20.1 Å². The number of rotatable bonds is 6. The number of aliphatic hydroxyl groups excluding tert-OH is 4. The van der Waals surface area contributed by atoms with Gasteiger partial charge in [-0.15, -0.1) is 12.6 Å². The first kappa shape index (κ1) is 43.3. The molecule has 0 amide bonds. The number of methoxy groups -OCH3 is 1. The molecule has 11 unspecified atom stereocenters. The monoisotopic (exact) mass is 796 g/mol. The number of ether oxygens (including phenoxy) is 7. The second kappa shape index (κ2) is 19.7. The maximum atomic E-state index is 13.1. The number of fused-ring (bicyclic) bond motifs is 8. The Kier molecular flexibility index (Phi) is 15.5. The van der Waals surface area contributed by atoms with Gasteiger partial charge < -0.3 is 58.4 Å². The lowest BCUT2D eigenvalue weighted by molar-refractivity contribution is -0.162. The van der Waals surface area contributed by atoms with Gasteiger partial charge in [0, 0.05) is 44.6 Å². The van der Waals surface area contributed by atoms with Crippen LogP contribution in [0.5, 0.6) is 0 Å². The van der Waals surface area contributed by atoms with Gasteiger partial charge >= 0.3 is 0 Å². The molecule has 0 radical (unpaired) electrons. The molecule has 8 bridgehead atoms. The minimum Gasteiger partial charge on any atom is -0.394 e. The van der Waals surface area contributed by atoms with Gasteiger partial charge in [-0.2, -0.15) is 0 Å². The molecule has 312 valence electrons. The topological polar surface area (TPSA) is 180 Å². The van der Waals surface area contributed by atoms with E-state index in [0.29, 0.717) is 44.9 Å². The van der Waals surface area contributed by atoms with Gasteiger partial charge in [0.15, 0.2) is 0 Å². The third kappa shape index (κ3) is 10.3. The maximum Gasteiger partial charge on any atom is 0.135 e. The molecule has 0 aliphatic carbocycles. The van der Waals surface area contributed by atoms with E-state index in [1.807, 2.05) is 0 Å². The van der Waals surface area contributed by atoms with Crippen molar-refractivity contribution in [3.63, 3.8) is 0 Å². The number of thiol groups is 1. The van der Waals surface area contributed by atoms with E-state index in [9.17, 15) is 30.0 Å². The summed E-state index contributed by atoms with van der Waals surface area (Å²) in [6, 6.07) is 0. The van der Waals surface area contributed by atoms with E-state index in [1.165, 1.54) is 0 Å². The second-order valence-corrected chi connectivity index (χ2v) is 17.4. The minimum atomic E-state index is -1.13. The van der Waals surface area contributed by atoms with Crippen molar-refractivity contribution in [2.24, 2.45) is 17.8 Å². The summed E-state index contributed by atoms with van der Waals surface area (Å²) in [5.41, 5.74) is 1.32. The highest BCUT2D eigenvalue weighted by molar-refractivity contribution is 7.80. The summed E-state index contributed by atoms with van der Waals surface area (Å²) in [5, 5.41) is 41.4. The number of hydrogen-bond donors (Lipinski definition) is 5. The molecular weight excluding hydrogens is 733 g/mol. The highest BCUT2D eigenvalue weighted by atomic mass is 32.1. The van der Waals surface area contributed by atoms with Crippen LogP contribution in [-0.2, 0) is 42.7 Å². The molecule has 7 rings (SSSR count). The zero-order chi connectivity index (χ0) is 39.4. The summed E-state index contributed by atoms with van der Waals surface area (Å²) in [6.45, 7) is 10.1. The standard InChI is InChI=1S/C41H64O13S/c1-21-13-28-8-10-30-22(2)14-27(49-30)7-6-25(45)15-35-38(47)40(37(20-44)52-35)53-32-12-11-31(54-41(32)55)24(18-42)5-9-29-34(17-33(50-28)23(21)3)51-36(39(29)48-4)16-26(46)19-43/h18,21,24,26-41,43-44,46-47,55H,2-3,5-17,19-20H2,1,4H3/t21-,24-,26?,27?,28?,29?,30?,31?,32?,33?,34+,35-,36?,37?,38?,39-,40-,41-/m1/s1. The van der Waals surface area contributed by atoms with E-state index in [4.69, 9.17) is 45.8 Å². The van der Waals surface area contributed by atoms with Gasteiger partial charge in [0.2, 0.25) is 0 Å². The average Bonchev–Trinajstić information content (AvgIpc) is 3.79. The van der Waals surface area contributed by atoms with Crippen LogP contribution in [0.2, 0.25) is 0 Å². The van der Waals surface area contributed by atoms with Crippen molar-refractivity contribution in [3.8, 4) is 0 Å². The number of aldehydes is 1. The molecule has 55 heavy (non-hydrogen) atoms. The Balaban J connectivity index is 1.22. The van der Waals surface area contributed by atoms with Gasteiger partial charge in [0.1, 0.15) is 35.8 Å². The molecule has 7 heterocycles. The van der Waals surface area contributed by atoms with Crippen LogP contribution in [0.25, 0.3) is 0 Å². The number of Topliss-reactive ketones (excluding diaryl/α,β-unsaturated/α-hetero) is 1. The molecule has 14 heteroatoms. The number of carbonyl (C=O) groups excluding carboxylic acids is 2. The van der Waals surface area contributed by atoms with E-state index < -0.39 is 60.2 Å². The maximum absolute atomic E-state index is 13.1. The molecule has 4 N–H and O–H groups in total. The number of ketones is 1. The lowest BCUT2D eigenvalue weighted by Gasteiger charge is -2.39. The minimum absolute atomic E-state index is 0.00752. The first-order chi connectivity index (χ1) is 26.4. The summed E-state index contributed by atoms with van der Waals surface area (Å²) in [7, 11) is 1.63. The van der Waals surface area contributed by atoms with E-state index >= 15 is 0 Å². The quantitative estimate of drug-likeness (QED) is 0.151. The molecular formula is C41H64O13S. The Morgan fingerprint density at radius 1 is 0.855 bits per heavy atom. The van der Waals surface area contributed by atoms with Crippen molar-refractivity contribution < 1.29 is 63.2 Å². The highest BCUT2D eigenvalue weighted by Gasteiger charge is 2.49. The molecule has 0 spiro atoms. The molecule has 0 aromatic rings. The van der Waals surface area contributed by atoms with Crippen molar-refractivity contribution in [1.29, 1.82) is 0 Å². The Labute approximate surface area is 330 Å². The van der Waals surface area contributed by atoms with Gasteiger partial charge in [0.25, 0.3) is 0 Å². The molecule has 7 fully saturated rings. The summed E-state index contributed by atoms with van der Waals surface area (Å²) in [5.74, 6) is -0.421. The normalized spacial score (nSPS) is 45.7. The summed E-state index contributed by atoms with van der Waals surface area (Å²) >= 11 is 4.70. The van der Waals surface area contributed by atoms with Gasteiger partial charge in [-0.25, -0.2) is 0 Å². The van der Waals surface area contributed by atoms with E-state index in [-0.39, 0.29) is 86.7 Å². The van der Waals surface area contributed by atoms with Crippen LogP contribution in [0.4, 0.5) is 0 Å². The third-order valence-electron chi connectivity index (χ3n) is 13.1. The van der Waals surface area contributed by atoms with E-state index in [1.54, 1.807) is 7.11 Å². The van der Waals surface area contributed by atoms with Crippen molar-refractivity contribution in [3.05, 3.63) is 24.3 Å². The molecule has 0 aromatic carbocycles. The van der Waals surface area contributed by atoms with Crippen LogP contribution in [-0.4, -0.2) is 144 Å². The summed E-state index contributed by atoms with van der Waals surface area (Å²) in [6.07, 6.45) is 0.290. The van der Waals surface area contributed by atoms with Crippen LogP contribution in [0.3, 0.4) is 0 Å². The molecule has 7 aliphatic rings. The van der Waals surface area contributed by atoms with Gasteiger partial charge in [-0.3, -0.25) is 4.79 Å². The summed E-state index contributed by atoms with van der Waals surface area (Å²) in [4.78, 5) is 25.8. The fourth-order valence-corrected chi connectivity index (χ4v) is 10.3. The van der Waals surface area contributed by atoms with Crippen LogP contribution in [0.1, 0.15) is 90.4 Å². The van der Waals surface area contributed by atoms with Gasteiger partial charge in [-0.05, 0) is 74.9 Å².